The molecule has 1 aliphatic heterocycles. The van der Waals surface area contributed by atoms with Crippen LogP contribution in [0.25, 0.3) is 0 Å². The summed E-state index contributed by atoms with van der Waals surface area (Å²) in [6, 6.07) is -0.599. The molecule has 6 heteroatoms. The molecular formula is C10H14N2O4. The van der Waals surface area contributed by atoms with Crippen LogP contribution in [0.15, 0.2) is 11.8 Å². The molecule has 0 aromatic rings. The van der Waals surface area contributed by atoms with Gasteiger partial charge in [0.15, 0.2) is 0 Å². The van der Waals surface area contributed by atoms with E-state index < -0.39 is 12.0 Å². The second kappa shape index (κ2) is 5.29. The lowest BCUT2D eigenvalue weighted by molar-refractivity contribution is -0.137. The molecule has 0 aromatic carbocycles. The van der Waals surface area contributed by atoms with Gasteiger partial charge in [-0.2, -0.15) is 0 Å². The molecule has 0 bridgehead atoms. The Kier molecular flexibility index (Phi) is 4.04. The quantitative estimate of drug-likeness (QED) is 0.382. The molecule has 0 aliphatic carbocycles. The van der Waals surface area contributed by atoms with Gasteiger partial charge in [-0.1, -0.05) is 0 Å². The largest absolute Gasteiger partial charge is 0.463 e. The van der Waals surface area contributed by atoms with Crippen molar-refractivity contribution in [3.05, 3.63) is 11.8 Å². The van der Waals surface area contributed by atoms with Gasteiger partial charge >= 0.3 is 5.97 Å². The highest BCUT2D eigenvalue weighted by Gasteiger charge is 2.30. The molecule has 1 fully saturated rings. The normalized spacial score (nSPS) is 20.6. The maximum absolute atomic E-state index is 11.2. The molecule has 1 heterocycles. The van der Waals surface area contributed by atoms with Crippen LogP contribution >= 0.6 is 0 Å². The van der Waals surface area contributed by atoms with Crippen LogP contribution in [0.3, 0.4) is 0 Å². The zero-order valence-corrected chi connectivity index (χ0v) is 9.20. The molecule has 1 aliphatic rings. The highest BCUT2D eigenvalue weighted by Crippen LogP contribution is 2.03. The first-order valence-corrected chi connectivity index (χ1v) is 4.98. The van der Waals surface area contributed by atoms with E-state index in [0.717, 1.165) is 0 Å². The number of imide groups is 1. The standard InChI is InChI=1S/C10H14N2O4/c1-3-16-9(14)4-6(2)11-7-5-8(13)12-10(7)15/h4,7,11H,3,5H2,1-2H3,(H,12,13,15)/t7-/m0/s1. The Balaban J connectivity index is 2.51. The summed E-state index contributed by atoms with van der Waals surface area (Å²) in [4.78, 5) is 33.1. The van der Waals surface area contributed by atoms with Crippen molar-refractivity contribution in [2.75, 3.05) is 6.61 Å². The predicted octanol–water partition coefficient (Wildman–Crippen LogP) is -0.542. The minimum atomic E-state index is -0.599. The maximum Gasteiger partial charge on any atom is 0.332 e. The lowest BCUT2D eigenvalue weighted by Gasteiger charge is -2.10. The number of nitrogens with one attached hydrogen (secondary N) is 2. The van der Waals surface area contributed by atoms with Gasteiger partial charge in [0.2, 0.25) is 11.8 Å². The fraction of sp³-hybridized carbons (Fsp3) is 0.500. The van der Waals surface area contributed by atoms with E-state index in [1.54, 1.807) is 13.8 Å². The highest BCUT2D eigenvalue weighted by atomic mass is 16.5. The summed E-state index contributed by atoms with van der Waals surface area (Å²) in [6.07, 6.45) is 1.34. The van der Waals surface area contributed by atoms with Gasteiger partial charge in [0.05, 0.1) is 13.0 Å². The smallest absolute Gasteiger partial charge is 0.332 e. The molecular weight excluding hydrogens is 212 g/mol. The average molecular weight is 226 g/mol. The maximum atomic E-state index is 11.2. The van der Waals surface area contributed by atoms with E-state index in [1.165, 1.54) is 6.08 Å². The Morgan fingerprint density at radius 3 is 2.81 bits per heavy atom. The second-order valence-corrected chi connectivity index (χ2v) is 3.39. The Morgan fingerprint density at radius 1 is 1.62 bits per heavy atom. The van der Waals surface area contributed by atoms with Crippen molar-refractivity contribution in [1.82, 2.24) is 10.6 Å². The number of carbonyl (C=O) groups excluding carboxylic acids is 3. The zero-order chi connectivity index (χ0) is 12.1. The third-order valence-electron chi connectivity index (χ3n) is 1.99. The van der Waals surface area contributed by atoms with Crippen LogP contribution in [0.2, 0.25) is 0 Å². The first-order chi connectivity index (χ1) is 7.52. The van der Waals surface area contributed by atoms with E-state index in [1.807, 2.05) is 0 Å². The van der Waals surface area contributed by atoms with Gasteiger partial charge in [-0.05, 0) is 13.8 Å². The second-order valence-electron chi connectivity index (χ2n) is 3.39. The summed E-state index contributed by atoms with van der Waals surface area (Å²) in [7, 11) is 0. The number of allylic oxidation sites excluding steroid dienone is 1. The summed E-state index contributed by atoms with van der Waals surface area (Å²) in [6.45, 7) is 3.63. The van der Waals surface area contributed by atoms with Crippen LogP contribution in [-0.2, 0) is 19.1 Å². The van der Waals surface area contributed by atoms with E-state index in [-0.39, 0.29) is 18.2 Å². The molecule has 2 N–H and O–H groups in total. The minimum absolute atomic E-state index is 0.0901. The molecule has 0 unspecified atom stereocenters. The number of hydrogen-bond acceptors (Lipinski definition) is 5. The highest BCUT2D eigenvalue weighted by molar-refractivity contribution is 6.05. The summed E-state index contributed by atoms with van der Waals surface area (Å²) in [5, 5.41) is 4.94. The summed E-state index contributed by atoms with van der Waals surface area (Å²) in [5.41, 5.74) is 0.494. The molecule has 2 amide bonds. The van der Waals surface area contributed by atoms with E-state index in [9.17, 15) is 14.4 Å². The van der Waals surface area contributed by atoms with Crippen molar-refractivity contribution in [3.8, 4) is 0 Å². The fourth-order valence-electron chi connectivity index (χ4n) is 1.35. The van der Waals surface area contributed by atoms with E-state index in [2.05, 4.69) is 10.6 Å². The molecule has 1 rings (SSSR count). The number of rotatable bonds is 4. The Morgan fingerprint density at radius 2 is 2.31 bits per heavy atom. The fourth-order valence-corrected chi connectivity index (χ4v) is 1.35. The third-order valence-corrected chi connectivity index (χ3v) is 1.99. The van der Waals surface area contributed by atoms with Crippen LogP contribution in [0.1, 0.15) is 20.3 Å². The number of esters is 1. The molecule has 0 aromatic heterocycles. The molecule has 1 atom stereocenters. The number of ether oxygens (including phenoxy) is 1. The van der Waals surface area contributed by atoms with Gasteiger partial charge in [0.1, 0.15) is 6.04 Å². The molecule has 88 valence electrons. The molecule has 1 saturated heterocycles. The van der Waals surface area contributed by atoms with Crippen LogP contribution < -0.4 is 10.6 Å². The first-order valence-electron chi connectivity index (χ1n) is 4.98. The lowest BCUT2D eigenvalue weighted by atomic mass is 10.2. The van der Waals surface area contributed by atoms with Gasteiger partial charge in [0.25, 0.3) is 0 Å². The topological polar surface area (TPSA) is 84.5 Å². The van der Waals surface area contributed by atoms with Gasteiger partial charge in [0, 0.05) is 11.8 Å². The Hall–Kier alpha value is -1.85. The van der Waals surface area contributed by atoms with Crippen LogP contribution in [0.5, 0.6) is 0 Å². The van der Waals surface area contributed by atoms with Crippen molar-refractivity contribution < 1.29 is 19.1 Å². The molecule has 0 saturated carbocycles. The van der Waals surface area contributed by atoms with Crippen molar-refractivity contribution in [2.45, 2.75) is 26.3 Å². The van der Waals surface area contributed by atoms with Crippen molar-refractivity contribution >= 4 is 17.8 Å². The van der Waals surface area contributed by atoms with Gasteiger partial charge in [-0.25, -0.2) is 4.79 Å². The SMILES string of the molecule is CCOC(=O)C=C(C)N[C@H]1CC(=O)NC1=O. The zero-order valence-electron chi connectivity index (χ0n) is 9.20. The Bertz CT molecular complexity index is 349. The average Bonchev–Trinajstić information content (AvgIpc) is 2.44. The van der Waals surface area contributed by atoms with Gasteiger partial charge in [-0.15, -0.1) is 0 Å². The van der Waals surface area contributed by atoms with Crippen molar-refractivity contribution in [3.63, 3.8) is 0 Å². The first kappa shape index (κ1) is 12.2. The van der Waals surface area contributed by atoms with Crippen molar-refractivity contribution in [1.29, 1.82) is 0 Å². The van der Waals surface area contributed by atoms with Crippen LogP contribution in [0.4, 0.5) is 0 Å². The Labute approximate surface area is 93.0 Å². The third kappa shape index (κ3) is 3.38. The molecule has 16 heavy (non-hydrogen) atoms. The van der Waals surface area contributed by atoms with E-state index in [4.69, 9.17) is 4.74 Å². The molecule has 0 spiro atoms. The summed E-state index contributed by atoms with van der Waals surface area (Å²) < 4.78 is 4.70. The lowest BCUT2D eigenvalue weighted by Crippen LogP contribution is -2.35. The van der Waals surface area contributed by atoms with E-state index >= 15 is 0 Å². The van der Waals surface area contributed by atoms with Gasteiger partial charge in [-0.3, -0.25) is 14.9 Å². The molecule has 6 nitrogen and oxygen atoms in total. The minimum Gasteiger partial charge on any atom is -0.463 e. The van der Waals surface area contributed by atoms with Gasteiger partial charge < -0.3 is 10.1 Å². The number of hydrogen-bond donors (Lipinski definition) is 2. The molecule has 0 radical (unpaired) electrons. The summed E-state index contributed by atoms with van der Waals surface area (Å²) >= 11 is 0. The monoisotopic (exact) mass is 226 g/mol. The number of carbonyl (C=O) groups is 3. The van der Waals surface area contributed by atoms with E-state index in [0.29, 0.717) is 12.3 Å². The summed E-state index contributed by atoms with van der Waals surface area (Å²) in [5.74, 6) is -1.16. The van der Waals surface area contributed by atoms with Crippen molar-refractivity contribution in [2.24, 2.45) is 0 Å². The predicted molar refractivity (Wildman–Crippen MR) is 55.1 cm³/mol. The van der Waals surface area contributed by atoms with Crippen LogP contribution in [0, 0.1) is 0 Å². The number of amides is 2. The van der Waals surface area contributed by atoms with Crippen LogP contribution in [-0.4, -0.2) is 30.4 Å².